The fraction of sp³-hybridized carbons (Fsp3) is 0.235. The minimum Gasteiger partial charge on any atom is -0.492 e. The standard InChI is InChI=1S/C17H18N2O2/c1-2-20-17-6-4-3-5-16(17)19-13-14-7-9-15(10-8-14)21-12-11-18/h3-10,19H,2,12-13H2,1H3. The summed E-state index contributed by atoms with van der Waals surface area (Å²) in [6.45, 7) is 3.38. The first-order chi connectivity index (χ1) is 10.3. The zero-order valence-corrected chi connectivity index (χ0v) is 12.0. The number of benzene rings is 2. The molecule has 4 heteroatoms. The Morgan fingerprint density at radius 1 is 1.05 bits per heavy atom. The average molecular weight is 282 g/mol. The van der Waals surface area contributed by atoms with Crippen LogP contribution < -0.4 is 14.8 Å². The van der Waals surface area contributed by atoms with Crippen molar-refractivity contribution in [1.29, 1.82) is 5.26 Å². The second kappa shape index (κ2) is 7.81. The van der Waals surface area contributed by atoms with Crippen molar-refractivity contribution >= 4 is 5.69 Å². The lowest BCUT2D eigenvalue weighted by Crippen LogP contribution is -2.02. The van der Waals surface area contributed by atoms with Gasteiger partial charge >= 0.3 is 0 Å². The second-order valence-corrected chi connectivity index (χ2v) is 4.37. The molecular formula is C17H18N2O2. The summed E-state index contributed by atoms with van der Waals surface area (Å²) < 4.78 is 10.8. The molecule has 2 aromatic carbocycles. The number of hydrogen-bond donors (Lipinski definition) is 1. The first-order valence-electron chi connectivity index (χ1n) is 6.88. The van der Waals surface area contributed by atoms with E-state index in [1.807, 2.05) is 61.5 Å². The molecule has 0 saturated heterocycles. The Balaban J connectivity index is 1.95. The number of hydrogen-bond acceptors (Lipinski definition) is 4. The normalized spacial score (nSPS) is 9.71. The summed E-state index contributed by atoms with van der Waals surface area (Å²) >= 11 is 0. The van der Waals surface area contributed by atoms with Crippen LogP contribution in [0.5, 0.6) is 11.5 Å². The van der Waals surface area contributed by atoms with Crippen LogP contribution in [0, 0.1) is 11.3 Å². The van der Waals surface area contributed by atoms with Crippen molar-refractivity contribution in [1.82, 2.24) is 0 Å². The van der Waals surface area contributed by atoms with Crippen LogP contribution in [-0.4, -0.2) is 13.2 Å². The molecule has 108 valence electrons. The molecule has 0 fully saturated rings. The number of para-hydroxylation sites is 2. The van der Waals surface area contributed by atoms with Crippen LogP contribution in [0.15, 0.2) is 48.5 Å². The first-order valence-corrected chi connectivity index (χ1v) is 6.88. The van der Waals surface area contributed by atoms with E-state index < -0.39 is 0 Å². The molecule has 0 radical (unpaired) electrons. The van der Waals surface area contributed by atoms with Crippen molar-refractivity contribution in [2.24, 2.45) is 0 Å². The van der Waals surface area contributed by atoms with Gasteiger partial charge in [-0.05, 0) is 36.8 Å². The van der Waals surface area contributed by atoms with E-state index >= 15 is 0 Å². The lowest BCUT2D eigenvalue weighted by atomic mass is 10.2. The minimum absolute atomic E-state index is 0.0688. The molecule has 21 heavy (non-hydrogen) atoms. The molecule has 0 saturated carbocycles. The van der Waals surface area contributed by atoms with Crippen molar-refractivity contribution in [2.75, 3.05) is 18.5 Å². The summed E-state index contributed by atoms with van der Waals surface area (Å²) in [5, 5.41) is 11.8. The van der Waals surface area contributed by atoms with Gasteiger partial charge in [-0.25, -0.2) is 0 Å². The maximum absolute atomic E-state index is 8.47. The number of anilines is 1. The Morgan fingerprint density at radius 2 is 1.81 bits per heavy atom. The summed E-state index contributed by atoms with van der Waals surface area (Å²) in [4.78, 5) is 0. The first kappa shape index (κ1) is 14.7. The molecule has 2 aromatic rings. The Labute approximate surface area is 124 Å². The highest BCUT2D eigenvalue weighted by Crippen LogP contribution is 2.24. The molecule has 4 nitrogen and oxygen atoms in total. The largest absolute Gasteiger partial charge is 0.492 e. The number of nitrogens with one attached hydrogen (secondary N) is 1. The van der Waals surface area contributed by atoms with Crippen molar-refractivity contribution in [3.63, 3.8) is 0 Å². The molecule has 0 aliphatic heterocycles. The van der Waals surface area contributed by atoms with Gasteiger partial charge in [-0.2, -0.15) is 5.26 Å². The third-order valence-electron chi connectivity index (χ3n) is 2.90. The van der Waals surface area contributed by atoms with Gasteiger partial charge in [0.15, 0.2) is 6.61 Å². The Hall–Kier alpha value is -2.67. The Morgan fingerprint density at radius 3 is 2.52 bits per heavy atom. The molecule has 0 spiro atoms. The predicted octanol–water partition coefficient (Wildman–Crippen LogP) is 3.60. The summed E-state index contributed by atoms with van der Waals surface area (Å²) in [6, 6.07) is 17.5. The number of nitriles is 1. The SMILES string of the molecule is CCOc1ccccc1NCc1ccc(OCC#N)cc1. The Kier molecular flexibility index (Phi) is 5.48. The molecule has 2 rings (SSSR count). The lowest BCUT2D eigenvalue weighted by Gasteiger charge is -2.12. The van der Waals surface area contributed by atoms with Gasteiger partial charge in [-0.15, -0.1) is 0 Å². The van der Waals surface area contributed by atoms with E-state index in [0.717, 1.165) is 17.0 Å². The quantitative estimate of drug-likeness (QED) is 0.843. The van der Waals surface area contributed by atoms with E-state index in [1.54, 1.807) is 0 Å². The van der Waals surface area contributed by atoms with E-state index in [0.29, 0.717) is 18.9 Å². The highest BCUT2D eigenvalue weighted by Gasteiger charge is 2.02. The fourth-order valence-corrected chi connectivity index (χ4v) is 1.91. The van der Waals surface area contributed by atoms with E-state index in [2.05, 4.69) is 5.32 Å². The molecule has 0 bridgehead atoms. The minimum atomic E-state index is 0.0688. The monoisotopic (exact) mass is 282 g/mol. The van der Waals surface area contributed by atoms with Crippen LogP contribution in [0.25, 0.3) is 0 Å². The fourth-order valence-electron chi connectivity index (χ4n) is 1.91. The molecule has 0 aliphatic carbocycles. The third-order valence-corrected chi connectivity index (χ3v) is 2.90. The van der Waals surface area contributed by atoms with Gasteiger partial charge in [0.1, 0.15) is 17.6 Å². The maximum atomic E-state index is 8.47. The van der Waals surface area contributed by atoms with Crippen LogP contribution in [0.1, 0.15) is 12.5 Å². The lowest BCUT2D eigenvalue weighted by molar-refractivity contribution is 0.341. The van der Waals surface area contributed by atoms with Crippen molar-refractivity contribution in [3.05, 3.63) is 54.1 Å². The van der Waals surface area contributed by atoms with Crippen LogP contribution >= 0.6 is 0 Å². The van der Waals surface area contributed by atoms with Gasteiger partial charge in [0.05, 0.1) is 12.3 Å². The van der Waals surface area contributed by atoms with Gasteiger partial charge in [-0.1, -0.05) is 24.3 Å². The summed E-state index contributed by atoms with van der Waals surface area (Å²) in [7, 11) is 0. The summed E-state index contributed by atoms with van der Waals surface area (Å²) in [5.41, 5.74) is 2.11. The molecule has 0 heterocycles. The van der Waals surface area contributed by atoms with Crippen molar-refractivity contribution in [2.45, 2.75) is 13.5 Å². The molecule has 1 N–H and O–H groups in total. The van der Waals surface area contributed by atoms with Crippen LogP contribution in [-0.2, 0) is 6.54 Å². The second-order valence-electron chi connectivity index (χ2n) is 4.37. The molecule has 0 atom stereocenters. The van der Waals surface area contributed by atoms with Gasteiger partial charge in [-0.3, -0.25) is 0 Å². The zero-order chi connectivity index (χ0) is 14.9. The number of rotatable bonds is 7. The molecule has 0 aromatic heterocycles. The van der Waals surface area contributed by atoms with E-state index in [9.17, 15) is 0 Å². The Bertz CT molecular complexity index is 603. The van der Waals surface area contributed by atoms with Crippen molar-refractivity contribution < 1.29 is 9.47 Å². The average Bonchev–Trinajstić information content (AvgIpc) is 2.53. The van der Waals surface area contributed by atoms with Crippen LogP contribution in [0.2, 0.25) is 0 Å². The highest BCUT2D eigenvalue weighted by molar-refractivity contribution is 5.56. The van der Waals surface area contributed by atoms with Crippen LogP contribution in [0.3, 0.4) is 0 Å². The zero-order valence-electron chi connectivity index (χ0n) is 12.0. The van der Waals surface area contributed by atoms with Gasteiger partial charge in [0.25, 0.3) is 0 Å². The highest BCUT2D eigenvalue weighted by atomic mass is 16.5. The van der Waals surface area contributed by atoms with E-state index in [-0.39, 0.29) is 6.61 Å². The summed E-state index contributed by atoms with van der Waals surface area (Å²) in [5.74, 6) is 1.56. The van der Waals surface area contributed by atoms with Gasteiger partial charge < -0.3 is 14.8 Å². The topological polar surface area (TPSA) is 54.3 Å². The maximum Gasteiger partial charge on any atom is 0.174 e. The van der Waals surface area contributed by atoms with Gasteiger partial charge in [0.2, 0.25) is 0 Å². The smallest absolute Gasteiger partial charge is 0.174 e. The van der Waals surface area contributed by atoms with Crippen molar-refractivity contribution in [3.8, 4) is 17.6 Å². The van der Waals surface area contributed by atoms with Crippen LogP contribution in [0.4, 0.5) is 5.69 Å². The molecule has 0 unspecified atom stereocenters. The molecule has 0 aliphatic rings. The predicted molar refractivity (Wildman–Crippen MR) is 82.5 cm³/mol. The number of nitrogens with zero attached hydrogens (tertiary/aromatic N) is 1. The van der Waals surface area contributed by atoms with E-state index in [1.165, 1.54) is 0 Å². The summed E-state index contributed by atoms with van der Waals surface area (Å²) in [6.07, 6.45) is 0. The molecule has 0 amide bonds. The van der Waals surface area contributed by atoms with Gasteiger partial charge in [0, 0.05) is 6.54 Å². The van der Waals surface area contributed by atoms with E-state index in [4.69, 9.17) is 14.7 Å². The molecular weight excluding hydrogens is 264 g/mol. The number of ether oxygens (including phenoxy) is 2. The third kappa shape index (κ3) is 4.43.